The Hall–Kier alpha value is 0.01000. The van der Waals surface area contributed by atoms with E-state index in [9.17, 15) is 0 Å². The molecular weight excluding hydrogens is 228 g/mol. The lowest BCUT2D eigenvalue weighted by molar-refractivity contribution is 1.09. The molecule has 0 radical (unpaired) electrons. The van der Waals surface area contributed by atoms with Crippen molar-refractivity contribution < 1.29 is 0 Å². The van der Waals surface area contributed by atoms with Gasteiger partial charge in [0.1, 0.15) is 0 Å². The zero-order valence-corrected chi connectivity index (χ0v) is 11.7. The molecule has 0 nitrogen and oxygen atoms in total. The van der Waals surface area contributed by atoms with Gasteiger partial charge in [0, 0.05) is 0 Å². The highest BCUT2D eigenvalue weighted by atomic mass is 33.1. The van der Waals surface area contributed by atoms with Crippen LogP contribution < -0.4 is 0 Å². The summed E-state index contributed by atoms with van der Waals surface area (Å²) in [6.07, 6.45) is 0. The van der Waals surface area contributed by atoms with Crippen molar-refractivity contribution >= 4 is 30.4 Å². The van der Waals surface area contributed by atoms with E-state index in [2.05, 4.69) is 34.6 Å². The Labute approximate surface area is 97.6 Å². The molecule has 0 aliphatic rings. The van der Waals surface area contributed by atoms with Crippen LogP contribution in [0.3, 0.4) is 0 Å². The molecule has 0 saturated heterocycles. The molecule has 1 rings (SSSR count). The van der Waals surface area contributed by atoms with E-state index in [1.165, 1.54) is 32.7 Å². The lowest BCUT2D eigenvalue weighted by atomic mass is 9.95. The molecule has 0 N–H and O–H groups in total. The van der Waals surface area contributed by atoms with Gasteiger partial charge in [-0.15, -0.1) is 4.90 Å². The van der Waals surface area contributed by atoms with Crippen LogP contribution in [0.5, 0.6) is 0 Å². The minimum absolute atomic E-state index is 0.464. The van der Waals surface area contributed by atoms with Crippen molar-refractivity contribution in [3.05, 3.63) is 27.8 Å². The third-order valence-electron chi connectivity index (χ3n) is 3.10. The quantitative estimate of drug-likeness (QED) is 0.695. The van der Waals surface area contributed by atoms with Crippen molar-refractivity contribution in [1.82, 2.24) is 0 Å². The Morgan fingerprint density at radius 1 is 0.643 bits per heavy atom. The summed E-state index contributed by atoms with van der Waals surface area (Å²) in [6.45, 7) is 10.7. The van der Waals surface area contributed by atoms with Crippen LogP contribution >= 0.6 is 0 Å². The van der Waals surface area contributed by atoms with Crippen LogP contribution in [0, 0.1) is 34.6 Å². The first kappa shape index (κ1) is 12.1. The average Bonchev–Trinajstić information content (AvgIpc) is 2.11. The van der Waals surface area contributed by atoms with E-state index in [1.54, 1.807) is 0 Å². The number of hydrogen-bond donors (Lipinski definition) is 0. The average molecular weight is 243 g/mol. The highest BCUT2D eigenvalue weighted by molar-refractivity contribution is 8.46. The van der Waals surface area contributed by atoms with Gasteiger partial charge in [0.2, 0.25) is 0 Å². The van der Waals surface area contributed by atoms with Gasteiger partial charge in [-0.05, 0) is 51.3 Å². The molecule has 0 heterocycles. The van der Waals surface area contributed by atoms with E-state index in [4.69, 9.17) is 22.4 Å². The summed E-state index contributed by atoms with van der Waals surface area (Å²) >= 11 is 10.5. The normalized spacial score (nSPS) is 11.0. The molecule has 0 aromatic heterocycles. The van der Waals surface area contributed by atoms with Crippen molar-refractivity contribution in [3.8, 4) is 0 Å². The van der Waals surface area contributed by atoms with E-state index in [0.717, 1.165) is 0 Å². The molecule has 0 saturated carbocycles. The fourth-order valence-corrected chi connectivity index (χ4v) is 4.02. The zero-order chi connectivity index (χ0) is 11.0. The molecule has 0 spiro atoms. The largest absolute Gasteiger partial charge is 0.319 e. The van der Waals surface area contributed by atoms with Gasteiger partial charge in [0.25, 0.3) is 0 Å². The predicted molar refractivity (Wildman–Crippen MR) is 70.5 cm³/mol. The maximum Gasteiger partial charge on any atom is -0.0392 e. The van der Waals surface area contributed by atoms with Crippen LogP contribution in [0.4, 0.5) is 0 Å². The topological polar surface area (TPSA) is 0 Å². The highest BCUT2D eigenvalue weighted by Crippen LogP contribution is 2.26. The molecule has 14 heavy (non-hydrogen) atoms. The lowest BCUT2D eigenvalue weighted by Crippen LogP contribution is -2.00. The molecule has 78 valence electrons. The van der Waals surface area contributed by atoms with Crippen LogP contribution in [-0.4, -0.2) is 0 Å². The van der Waals surface area contributed by atoms with Gasteiger partial charge in [0.15, 0.2) is 0 Å². The van der Waals surface area contributed by atoms with Crippen molar-refractivity contribution in [1.29, 1.82) is 0 Å². The van der Waals surface area contributed by atoms with Gasteiger partial charge in [0.05, 0.1) is 0 Å². The molecule has 1 aromatic rings. The Kier molecular flexibility index (Phi) is 3.67. The highest BCUT2D eigenvalue weighted by Gasteiger charge is 2.06. The van der Waals surface area contributed by atoms with E-state index in [-0.39, 0.29) is 0 Å². The summed E-state index contributed by atoms with van der Waals surface area (Å²) in [5.41, 5.74) is 6.64. The van der Waals surface area contributed by atoms with Crippen LogP contribution in [0.25, 0.3) is 0 Å². The first-order valence-corrected chi connectivity index (χ1v) is 7.61. The summed E-state index contributed by atoms with van der Waals surface area (Å²) in [6, 6.07) is 0. The molecule has 0 atom stereocenters. The van der Waals surface area contributed by atoms with E-state index in [1.807, 2.05) is 0 Å². The standard InChI is InChI=1S/C11H15S3/c1-6-7(2)9(4)11(14(12)13)10(5)8(6)3/h1-5H3/q-1. The van der Waals surface area contributed by atoms with Gasteiger partial charge in [-0.25, -0.2) is 0 Å². The van der Waals surface area contributed by atoms with Crippen molar-refractivity contribution in [3.63, 3.8) is 0 Å². The summed E-state index contributed by atoms with van der Waals surface area (Å²) in [4.78, 5) is 1.20. The Morgan fingerprint density at radius 3 is 1.21 bits per heavy atom. The maximum absolute atomic E-state index is 5.23. The Balaban J connectivity index is 3.77. The molecule has 1 aromatic carbocycles. The Morgan fingerprint density at radius 2 is 0.929 bits per heavy atom. The second-order valence-corrected chi connectivity index (χ2v) is 7.20. The monoisotopic (exact) mass is 243 g/mol. The van der Waals surface area contributed by atoms with Gasteiger partial charge >= 0.3 is 0 Å². The molecule has 0 unspecified atom stereocenters. The van der Waals surface area contributed by atoms with Crippen molar-refractivity contribution in [2.75, 3.05) is 0 Å². The van der Waals surface area contributed by atoms with Crippen LogP contribution in [0.2, 0.25) is 0 Å². The second-order valence-electron chi connectivity index (χ2n) is 3.69. The molecular formula is C11H15S3-. The summed E-state index contributed by atoms with van der Waals surface area (Å²) in [5, 5.41) is 0. The van der Waals surface area contributed by atoms with Crippen LogP contribution in [0.1, 0.15) is 27.8 Å². The van der Waals surface area contributed by atoms with E-state index in [0.29, 0.717) is 0 Å². The minimum atomic E-state index is -0.464. The summed E-state index contributed by atoms with van der Waals surface area (Å²) in [7, 11) is -0.464. The summed E-state index contributed by atoms with van der Waals surface area (Å²) in [5.74, 6) is 0. The fourth-order valence-electron chi connectivity index (χ4n) is 1.72. The van der Waals surface area contributed by atoms with Gasteiger partial charge in [-0.2, -0.15) is 0 Å². The van der Waals surface area contributed by atoms with Crippen LogP contribution in [0.15, 0.2) is 4.90 Å². The van der Waals surface area contributed by atoms with Gasteiger partial charge in [-0.3, -0.25) is 22.4 Å². The van der Waals surface area contributed by atoms with Gasteiger partial charge in [-0.1, -0.05) is 11.1 Å². The van der Waals surface area contributed by atoms with Crippen molar-refractivity contribution in [2.45, 2.75) is 39.5 Å². The number of benzene rings is 1. The molecule has 0 aliphatic carbocycles. The Bertz CT molecular complexity index is 417. The predicted octanol–water partition coefficient (Wildman–Crippen LogP) is 3.13. The van der Waals surface area contributed by atoms with E-state index >= 15 is 0 Å². The SMILES string of the molecule is Cc1c(C)c(C)c([S-](=S)=S)c(C)c1C. The maximum atomic E-state index is 5.23. The molecule has 0 aliphatic heterocycles. The molecule has 3 heteroatoms. The number of rotatable bonds is 1. The van der Waals surface area contributed by atoms with Gasteiger partial charge < -0.3 is 8.01 Å². The smallest absolute Gasteiger partial charge is 0.0392 e. The van der Waals surface area contributed by atoms with E-state index < -0.39 is 8.01 Å². The second kappa shape index (κ2) is 4.25. The molecule has 0 amide bonds. The molecule has 0 fully saturated rings. The third-order valence-corrected chi connectivity index (χ3v) is 5.04. The van der Waals surface area contributed by atoms with Crippen molar-refractivity contribution in [2.24, 2.45) is 0 Å². The third kappa shape index (κ3) is 1.86. The zero-order valence-electron chi connectivity index (χ0n) is 9.22. The summed E-state index contributed by atoms with van der Waals surface area (Å²) < 4.78 is 0. The molecule has 0 bridgehead atoms. The lowest BCUT2D eigenvalue weighted by Gasteiger charge is -2.21. The number of hydrogen-bond acceptors (Lipinski definition) is 3. The first-order chi connectivity index (χ1) is 6.37. The van der Waals surface area contributed by atoms with Crippen LogP contribution in [-0.2, 0) is 30.4 Å². The fraction of sp³-hybridized carbons (Fsp3) is 0.455. The minimum Gasteiger partial charge on any atom is -0.319 e. The first-order valence-electron chi connectivity index (χ1n) is 4.54.